The van der Waals surface area contributed by atoms with Crippen molar-refractivity contribution in [2.75, 3.05) is 14.2 Å². The number of rotatable bonds is 3. The molecule has 0 aliphatic carbocycles. The largest absolute Gasteiger partial charge is 0.493 e. The monoisotopic (exact) mass is 317 g/mol. The highest BCUT2D eigenvalue weighted by Gasteiger charge is 2.17. The quantitative estimate of drug-likeness (QED) is 0.767. The van der Waals surface area contributed by atoms with Crippen molar-refractivity contribution in [2.45, 2.75) is 0 Å². The number of ether oxygens (including phenoxy) is 2. The Labute approximate surface area is 126 Å². The van der Waals surface area contributed by atoms with Gasteiger partial charge in [-0.15, -0.1) is 0 Å². The van der Waals surface area contributed by atoms with Gasteiger partial charge in [-0.05, 0) is 18.2 Å². The molecule has 19 heavy (non-hydrogen) atoms. The lowest BCUT2D eigenvalue weighted by molar-refractivity contribution is 0.356. The van der Waals surface area contributed by atoms with Gasteiger partial charge in [0.2, 0.25) is 0 Å². The number of hydrogen-bond donors (Lipinski definition) is 0. The highest BCUT2D eigenvalue weighted by atomic mass is 35.5. The molecule has 0 fully saturated rings. The normalized spacial score (nSPS) is 10.4. The van der Waals surface area contributed by atoms with Crippen LogP contribution in [0.15, 0.2) is 24.3 Å². The predicted molar refractivity (Wildman–Crippen MR) is 77.8 cm³/mol. The van der Waals surface area contributed by atoms with Crippen molar-refractivity contribution in [3.8, 4) is 22.8 Å². The summed E-state index contributed by atoms with van der Waals surface area (Å²) in [4.78, 5) is 4.19. The van der Waals surface area contributed by atoms with Crippen LogP contribution in [0.3, 0.4) is 0 Å². The fourth-order valence-electron chi connectivity index (χ4n) is 1.71. The van der Waals surface area contributed by atoms with E-state index in [-0.39, 0.29) is 5.15 Å². The van der Waals surface area contributed by atoms with E-state index in [0.29, 0.717) is 32.8 Å². The molecule has 0 saturated heterocycles. The second-order valence-corrected chi connectivity index (χ2v) is 4.80. The number of benzene rings is 1. The van der Waals surface area contributed by atoms with E-state index >= 15 is 0 Å². The summed E-state index contributed by atoms with van der Waals surface area (Å²) in [6.45, 7) is 0. The minimum absolute atomic E-state index is 0.186. The SMILES string of the molecule is COc1cccc(-c2nc(Cl)c(Cl)cc2Cl)c1OC. The van der Waals surface area contributed by atoms with E-state index in [1.807, 2.05) is 12.1 Å². The molecule has 1 aromatic heterocycles. The minimum atomic E-state index is 0.186. The van der Waals surface area contributed by atoms with Crippen molar-refractivity contribution in [3.63, 3.8) is 0 Å². The lowest BCUT2D eigenvalue weighted by Crippen LogP contribution is -1.95. The van der Waals surface area contributed by atoms with Crippen LogP contribution in [0.5, 0.6) is 11.5 Å². The van der Waals surface area contributed by atoms with Crippen molar-refractivity contribution in [1.82, 2.24) is 4.98 Å². The lowest BCUT2D eigenvalue weighted by Gasteiger charge is -2.13. The molecule has 0 spiro atoms. The third-order valence-corrected chi connectivity index (χ3v) is 3.51. The molecule has 0 saturated carbocycles. The van der Waals surface area contributed by atoms with Gasteiger partial charge in [-0.2, -0.15) is 0 Å². The smallest absolute Gasteiger partial charge is 0.170 e. The van der Waals surface area contributed by atoms with Crippen LogP contribution >= 0.6 is 34.8 Å². The summed E-state index contributed by atoms with van der Waals surface area (Å²) in [5.74, 6) is 1.13. The third-order valence-electron chi connectivity index (χ3n) is 2.54. The molecule has 1 aromatic carbocycles. The summed E-state index contributed by atoms with van der Waals surface area (Å²) in [6.07, 6.45) is 0. The zero-order chi connectivity index (χ0) is 14.0. The maximum atomic E-state index is 6.16. The first-order chi connectivity index (χ1) is 9.08. The molecule has 0 atom stereocenters. The van der Waals surface area contributed by atoms with E-state index < -0.39 is 0 Å². The number of nitrogens with zero attached hydrogens (tertiary/aromatic N) is 1. The second-order valence-electron chi connectivity index (χ2n) is 3.63. The van der Waals surface area contributed by atoms with Gasteiger partial charge in [-0.25, -0.2) is 4.98 Å². The molecule has 6 heteroatoms. The van der Waals surface area contributed by atoms with Crippen LogP contribution in [0.4, 0.5) is 0 Å². The fourth-order valence-corrected chi connectivity index (χ4v) is 2.31. The molecule has 100 valence electrons. The van der Waals surface area contributed by atoms with Crippen LogP contribution < -0.4 is 9.47 Å². The lowest BCUT2D eigenvalue weighted by atomic mass is 10.1. The van der Waals surface area contributed by atoms with Crippen LogP contribution in [0.25, 0.3) is 11.3 Å². The Hall–Kier alpha value is -1.16. The van der Waals surface area contributed by atoms with Crippen LogP contribution in [0, 0.1) is 0 Å². The first-order valence-corrected chi connectivity index (χ1v) is 6.44. The molecule has 0 amide bonds. The average Bonchev–Trinajstić information content (AvgIpc) is 2.41. The van der Waals surface area contributed by atoms with Gasteiger partial charge in [0.05, 0.1) is 30.0 Å². The maximum absolute atomic E-state index is 6.16. The maximum Gasteiger partial charge on any atom is 0.170 e. The highest BCUT2D eigenvalue weighted by Crippen LogP contribution is 2.41. The second kappa shape index (κ2) is 5.87. The number of aromatic nitrogens is 1. The van der Waals surface area contributed by atoms with Gasteiger partial charge in [-0.3, -0.25) is 0 Å². The van der Waals surface area contributed by atoms with Crippen molar-refractivity contribution in [3.05, 3.63) is 39.5 Å². The summed E-state index contributed by atoms with van der Waals surface area (Å²) in [7, 11) is 3.11. The van der Waals surface area contributed by atoms with Crippen molar-refractivity contribution < 1.29 is 9.47 Å². The van der Waals surface area contributed by atoms with Gasteiger partial charge in [0, 0.05) is 5.56 Å². The number of pyridine rings is 1. The number of para-hydroxylation sites is 1. The molecule has 0 radical (unpaired) electrons. The van der Waals surface area contributed by atoms with E-state index in [2.05, 4.69) is 4.98 Å². The third kappa shape index (κ3) is 2.73. The fraction of sp³-hybridized carbons (Fsp3) is 0.154. The first kappa shape index (κ1) is 14.3. The summed E-state index contributed by atoms with van der Waals surface area (Å²) in [5, 5.41) is 0.879. The molecular formula is C13H10Cl3NO2. The van der Waals surface area contributed by atoms with E-state index in [0.717, 1.165) is 0 Å². The molecule has 0 aliphatic rings. The Bertz CT molecular complexity index is 617. The molecule has 1 heterocycles. The average molecular weight is 319 g/mol. The van der Waals surface area contributed by atoms with Crippen LogP contribution in [-0.2, 0) is 0 Å². The Morgan fingerprint density at radius 1 is 1.00 bits per heavy atom. The number of methoxy groups -OCH3 is 2. The first-order valence-electron chi connectivity index (χ1n) is 5.31. The van der Waals surface area contributed by atoms with Gasteiger partial charge in [-0.1, -0.05) is 40.9 Å². The summed E-state index contributed by atoms with van der Waals surface area (Å²) in [6, 6.07) is 6.97. The van der Waals surface area contributed by atoms with Gasteiger partial charge in [0.1, 0.15) is 5.15 Å². The molecule has 2 aromatic rings. The van der Waals surface area contributed by atoms with Gasteiger partial charge >= 0.3 is 0 Å². The Kier molecular flexibility index (Phi) is 4.40. The van der Waals surface area contributed by atoms with Crippen molar-refractivity contribution >= 4 is 34.8 Å². The van der Waals surface area contributed by atoms with Gasteiger partial charge in [0.25, 0.3) is 0 Å². The van der Waals surface area contributed by atoms with Gasteiger partial charge in [0.15, 0.2) is 11.5 Å². The number of halogens is 3. The summed E-state index contributed by atoms with van der Waals surface area (Å²) in [5.41, 5.74) is 1.18. The zero-order valence-corrected chi connectivity index (χ0v) is 12.5. The van der Waals surface area contributed by atoms with Crippen LogP contribution in [0.1, 0.15) is 0 Å². The molecule has 3 nitrogen and oxygen atoms in total. The van der Waals surface area contributed by atoms with Crippen LogP contribution in [-0.4, -0.2) is 19.2 Å². The van der Waals surface area contributed by atoms with E-state index in [1.54, 1.807) is 26.4 Å². The standard InChI is InChI=1S/C13H10Cl3NO2/c1-18-10-5-3-4-7(12(10)19-2)11-8(14)6-9(15)13(16)17-11/h3-6H,1-2H3. The summed E-state index contributed by atoms with van der Waals surface area (Å²) >= 11 is 18.0. The molecule has 0 N–H and O–H groups in total. The molecule has 0 aliphatic heterocycles. The van der Waals surface area contributed by atoms with Crippen molar-refractivity contribution in [2.24, 2.45) is 0 Å². The number of hydrogen-bond acceptors (Lipinski definition) is 3. The van der Waals surface area contributed by atoms with Gasteiger partial charge < -0.3 is 9.47 Å². The molecule has 0 unspecified atom stereocenters. The van der Waals surface area contributed by atoms with Crippen molar-refractivity contribution in [1.29, 1.82) is 0 Å². The molecular weight excluding hydrogens is 309 g/mol. The topological polar surface area (TPSA) is 31.4 Å². The zero-order valence-electron chi connectivity index (χ0n) is 10.2. The van der Waals surface area contributed by atoms with Crippen LogP contribution in [0.2, 0.25) is 15.2 Å². The van der Waals surface area contributed by atoms with E-state index in [4.69, 9.17) is 44.3 Å². The Morgan fingerprint density at radius 3 is 2.37 bits per heavy atom. The minimum Gasteiger partial charge on any atom is -0.493 e. The molecule has 2 rings (SSSR count). The summed E-state index contributed by atoms with van der Waals surface area (Å²) < 4.78 is 10.6. The molecule has 0 bridgehead atoms. The Morgan fingerprint density at radius 2 is 1.74 bits per heavy atom. The highest BCUT2D eigenvalue weighted by molar-refractivity contribution is 6.43. The van der Waals surface area contributed by atoms with E-state index in [1.165, 1.54) is 0 Å². The van der Waals surface area contributed by atoms with E-state index in [9.17, 15) is 0 Å². The Balaban J connectivity index is 2.68. The predicted octanol–water partition coefficient (Wildman–Crippen LogP) is 4.73.